The quantitative estimate of drug-likeness (QED) is 0.612. The summed E-state index contributed by atoms with van der Waals surface area (Å²) < 4.78 is 0.936. The molecule has 0 heterocycles. The maximum atomic E-state index is 9.83. The Bertz CT molecular complexity index is 497. The van der Waals surface area contributed by atoms with E-state index in [4.69, 9.17) is 5.73 Å². The second-order valence-corrected chi connectivity index (χ2v) is 4.08. The molecule has 0 bridgehead atoms. The Labute approximate surface area is 96.5 Å². The van der Waals surface area contributed by atoms with E-state index >= 15 is 0 Å². The van der Waals surface area contributed by atoms with Crippen molar-refractivity contribution in [2.75, 3.05) is 5.73 Å². The maximum absolute atomic E-state index is 9.83. The summed E-state index contributed by atoms with van der Waals surface area (Å²) in [5, 5.41) is 9.83. The lowest BCUT2D eigenvalue weighted by Gasteiger charge is -2.08. The van der Waals surface area contributed by atoms with E-state index in [1.807, 2.05) is 36.4 Å². The summed E-state index contributed by atoms with van der Waals surface area (Å²) in [5.41, 5.74) is 7.71. The van der Waals surface area contributed by atoms with Crippen LogP contribution in [0.25, 0.3) is 11.1 Å². The third-order valence-corrected chi connectivity index (χ3v) is 2.92. The molecule has 0 atom stereocenters. The summed E-state index contributed by atoms with van der Waals surface area (Å²) >= 11 is 3.44. The maximum Gasteiger partial charge on any atom is 0.146 e. The van der Waals surface area contributed by atoms with Gasteiger partial charge in [-0.05, 0) is 17.7 Å². The number of phenols is 1. The molecule has 0 fully saturated rings. The fourth-order valence-electron chi connectivity index (χ4n) is 1.46. The van der Waals surface area contributed by atoms with Crippen molar-refractivity contribution in [3.8, 4) is 16.9 Å². The van der Waals surface area contributed by atoms with E-state index in [-0.39, 0.29) is 5.75 Å². The Kier molecular flexibility index (Phi) is 2.64. The van der Waals surface area contributed by atoms with Crippen LogP contribution in [0.1, 0.15) is 0 Å². The standard InChI is InChI=1S/C12H10BrNO/c13-10-6-2-1-4-8(10)9-5-3-7-11(14)12(9)15/h1-7,15H,14H2. The van der Waals surface area contributed by atoms with Crippen LogP contribution in [0.5, 0.6) is 5.75 Å². The normalized spacial score (nSPS) is 10.2. The number of anilines is 1. The van der Waals surface area contributed by atoms with Gasteiger partial charge in [0.15, 0.2) is 0 Å². The highest BCUT2D eigenvalue weighted by molar-refractivity contribution is 9.10. The molecule has 0 radical (unpaired) electrons. The van der Waals surface area contributed by atoms with Gasteiger partial charge in [-0.2, -0.15) is 0 Å². The van der Waals surface area contributed by atoms with Crippen LogP contribution in [-0.2, 0) is 0 Å². The van der Waals surface area contributed by atoms with Crippen molar-refractivity contribution in [3.05, 3.63) is 46.9 Å². The minimum atomic E-state index is 0.129. The van der Waals surface area contributed by atoms with Crippen molar-refractivity contribution in [3.63, 3.8) is 0 Å². The first kappa shape index (κ1) is 10.1. The number of hydrogen-bond donors (Lipinski definition) is 2. The molecular formula is C12H10BrNO. The van der Waals surface area contributed by atoms with Crippen LogP contribution in [0, 0.1) is 0 Å². The lowest BCUT2D eigenvalue weighted by molar-refractivity contribution is 0.480. The van der Waals surface area contributed by atoms with Crippen LogP contribution in [0.4, 0.5) is 5.69 Å². The number of phenolic OH excluding ortho intramolecular Hbond substituents is 1. The fourth-order valence-corrected chi connectivity index (χ4v) is 1.96. The summed E-state index contributed by atoms with van der Waals surface area (Å²) in [6.07, 6.45) is 0. The highest BCUT2D eigenvalue weighted by Crippen LogP contribution is 2.37. The highest BCUT2D eigenvalue weighted by Gasteiger charge is 2.08. The third-order valence-electron chi connectivity index (χ3n) is 2.23. The number of aromatic hydroxyl groups is 1. The summed E-state index contributed by atoms with van der Waals surface area (Å²) in [6, 6.07) is 13.0. The van der Waals surface area contributed by atoms with Crippen molar-refractivity contribution in [2.45, 2.75) is 0 Å². The molecule has 2 nitrogen and oxygen atoms in total. The van der Waals surface area contributed by atoms with Crippen LogP contribution in [-0.4, -0.2) is 5.11 Å². The molecule has 2 aromatic carbocycles. The van der Waals surface area contributed by atoms with E-state index < -0.39 is 0 Å². The molecule has 3 heteroatoms. The van der Waals surface area contributed by atoms with Crippen LogP contribution in [0.3, 0.4) is 0 Å². The number of nitrogen functional groups attached to an aromatic ring is 1. The van der Waals surface area contributed by atoms with Gasteiger partial charge < -0.3 is 10.8 Å². The van der Waals surface area contributed by atoms with E-state index in [1.165, 1.54) is 0 Å². The number of nitrogens with two attached hydrogens (primary N) is 1. The molecule has 0 saturated heterocycles. The zero-order valence-electron chi connectivity index (χ0n) is 7.94. The third kappa shape index (κ3) is 1.83. The molecule has 0 aliphatic carbocycles. The number of benzene rings is 2. The Morgan fingerprint density at radius 2 is 1.60 bits per heavy atom. The molecule has 3 N–H and O–H groups in total. The molecule has 0 saturated carbocycles. The molecular weight excluding hydrogens is 254 g/mol. The monoisotopic (exact) mass is 263 g/mol. The Hall–Kier alpha value is -1.48. The van der Waals surface area contributed by atoms with Crippen molar-refractivity contribution in [1.29, 1.82) is 0 Å². The van der Waals surface area contributed by atoms with Gasteiger partial charge in [-0.15, -0.1) is 0 Å². The highest BCUT2D eigenvalue weighted by atomic mass is 79.9. The molecule has 15 heavy (non-hydrogen) atoms. The number of hydrogen-bond acceptors (Lipinski definition) is 2. The zero-order chi connectivity index (χ0) is 10.8. The van der Waals surface area contributed by atoms with E-state index in [9.17, 15) is 5.11 Å². The van der Waals surface area contributed by atoms with Gasteiger partial charge in [-0.25, -0.2) is 0 Å². The predicted molar refractivity (Wildman–Crippen MR) is 65.7 cm³/mol. The molecule has 0 spiro atoms. The predicted octanol–water partition coefficient (Wildman–Crippen LogP) is 3.40. The van der Waals surface area contributed by atoms with Crippen molar-refractivity contribution in [1.82, 2.24) is 0 Å². The van der Waals surface area contributed by atoms with Crippen LogP contribution >= 0.6 is 15.9 Å². The molecule has 0 aliphatic rings. The first-order valence-corrected chi connectivity index (χ1v) is 5.32. The lowest BCUT2D eigenvalue weighted by atomic mass is 10.0. The van der Waals surface area contributed by atoms with Crippen LogP contribution in [0.2, 0.25) is 0 Å². The second-order valence-electron chi connectivity index (χ2n) is 3.22. The lowest BCUT2D eigenvalue weighted by Crippen LogP contribution is -1.88. The van der Waals surface area contributed by atoms with E-state index in [1.54, 1.807) is 6.07 Å². The molecule has 2 aromatic rings. The van der Waals surface area contributed by atoms with Crippen LogP contribution in [0.15, 0.2) is 46.9 Å². The van der Waals surface area contributed by atoms with Gasteiger partial charge in [0.05, 0.1) is 5.69 Å². The summed E-state index contributed by atoms with van der Waals surface area (Å²) in [4.78, 5) is 0. The molecule has 76 valence electrons. The first-order valence-electron chi connectivity index (χ1n) is 4.52. The number of rotatable bonds is 1. The van der Waals surface area contributed by atoms with E-state index in [0.717, 1.165) is 15.6 Å². The van der Waals surface area contributed by atoms with Gasteiger partial charge in [-0.3, -0.25) is 0 Å². The number of halogens is 1. The minimum Gasteiger partial charge on any atom is -0.505 e. The average molecular weight is 264 g/mol. The van der Waals surface area contributed by atoms with Gasteiger partial charge in [0.25, 0.3) is 0 Å². The molecule has 2 rings (SSSR count). The second kappa shape index (κ2) is 3.95. The molecule has 0 amide bonds. The Morgan fingerprint density at radius 1 is 0.933 bits per heavy atom. The fraction of sp³-hybridized carbons (Fsp3) is 0. The zero-order valence-corrected chi connectivity index (χ0v) is 9.53. The van der Waals surface area contributed by atoms with Crippen LogP contribution < -0.4 is 5.73 Å². The SMILES string of the molecule is Nc1cccc(-c2ccccc2Br)c1O. The van der Waals surface area contributed by atoms with Crippen molar-refractivity contribution >= 4 is 21.6 Å². The van der Waals surface area contributed by atoms with Gasteiger partial charge in [0.1, 0.15) is 5.75 Å². The van der Waals surface area contributed by atoms with Gasteiger partial charge in [-0.1, -0.05) is 46.3 Å². The minimum absolute atomic E-state index is 0.129. The number of para-hydroxylation sites is 1. The Morgan fingerprint density at radius 3 is 2.33 bits per heavy atom. The Balaban J connectivity index is 2.65. The smallest absolute Gasteiger partial charge is 0.146 e. The summed E-state index contributed by atoms with van der Waals surface area (Å²) in [5.74, 6) is 0.129. The average Bonchev–Trinajstić information content (AvgIpc) is 2.23. The van der Waals surface area contributed by atoms with Gasteiger partial charge in [0, 0.05) is 10.0 Å². The first-order chi connectivity index (χ1) is 7.20. The van der Waals surface area contributed by atoms with Crippen molar-refractivity contribution < 1.29 is 5.11 Å². The summed E-state index contributed by atoms with van der Waals surface area (Å²) in [6.45, 7) is 0. The summed E-state index contributed by atoms with van der Waals surface area (Å²) in [7, 11) is 0. The molecule has 0 unspecified atom stereocenters. The molecule has 0 aromatic heterocycles. The van der Waals surface area contributed by atoms with Gasteiger partial charge in [0.2, 0.25) is 0 Å². The van der Waals surface area contributed by atoms with Gasteiger partial charge >= 0.3 is 0 Å². The van der Waals surface area contributed by atoms with E-state index in [2.05, 4.69) is 15.9 Å². The largest absolute Gasteiger partial charge is 0.505 e. The topological polar surface area (TPSA) is 46.2 Å². The van der Waals surface area contributed by atoms with E-state index in [0.29, 0.717) is 5.69 Å². The molecule has 0 aliphatic heterocycles. The van der Waals surface area contributed by atoms with Crippen molar-refractivity contribution in [2.24, 2.45) is 0 Å².